The molecule has 2 aromatic rings. The second kappa shape index (κ2) is 7.31. The maximum Gasteiger partial charge on any atom is 0.0587 e. The smallest absolute Gasteiger partial charge is 0.0587 e. The number of rotatable bonds is 8. The summed E-state index contributed by atoms with van der Waals surface area (Å²) in [6.45, 7) is 3.40. The highest BCUT2D eigenvalue weighted by molar-refractivity contribution is 7.07. The van der Waals surface area contributed by atoms with Gasteiger partial charge < -0.3 is 10.1 Å². The van der Waals surface area contributed by atoms with Crippen molar-refractivity contribution < 1.29 is 4.74 Å². The van der Waals surface area contributed by atoms with Gasteiger partial charge in [-0.2, -0.15) is 16.4 Å². The van der Waals surface area contributed by atoms with Gasteiger partial charge in [0, 0.05) is 38.5 Å². The molecule has 0 saturated carbocycles. The van der Waals surface area contributed by atoms with Crippen molar-refractivity contribution in [3.05, 3.63) is 40.3 Å². The molecule has 0 unspecified atom stereocenters. The summed E-state index contributed by atoms with van der Waals surface area (Å²) in [5.74, 6) is 0. The van der Waals surface area contributed by atoms with Crippen LogP contribution in [-0.4, -0.2) is 30.0 Å². The molecule has 0 amide bonds. The monoisotopic (exact) mass is 265 g/mol. The summed E-state index contributed by atoms with van der Waals surface area (Å²) >= 11 is 1.74. The van der Waals surface area contributed by atoms with Gasteiger partial charge in [0.25, 0.3) is 0 Å². The van der Waals surface area contributed by atoms with Crippen LogP contribution in [0.25, 0.3) is 0 Å². The van der Waals surface area contributed by atoms with Crippen LogP contribution in [0.3, 0.4) is 0 Å². The lowest BCUT2D eigenvalue weighted by atomic mass is 10.2. The zero-order chi connectivity index (χ0) is 12.6. The summed E-state index contributed by atoms with van der Waals surface area (Å²) in [4.78, 5) is 0. The molecule has 0 aliphatic rings. The normalized spacial score (nSPS) is 10.9. The van der Waals surface area contributed by atoms with Crippen molar-refractivity contribution in [1.82, 2.24) is 15.1 Å². The number of aromatic nitrogens is 2. The standard InChI is InChI=1S/C13H19N3OS/c1-17-6-4-14-8-13-9-15-16(10-13)5-2-12-3-7-18-11-12/h3,7,9-11,14H,2,4-6,8H2,1H3. The number of nitrogens with one attached hydrogen (secondary N) is 1. The fraction of sp³-hybridized carbons (Fsp3) is 0.462. The molecule has 2 rings (SSSR count). The molecule has 0 spiro atoms. The highest BCUT2D eigenvalue weighted by Gasteiger charge is 1.99. The van der Waals surface area contributed by atoms with E-state index in [-0.39, 0.29) is 0 Å². The second-order valence-corrected chi connectivity index (χ2v) is 4.94. The molecule has 1 N–H and O–H groups in total. The first-order valence-corrected chi connectivity index (χ1v) is 7.05. The molecule has 98 valence electrons. The second-order valence-electron chi connectivity index (χ2n) is 4.16. The van der Waals surface area contributed by atoms with Crippen LogP contribution in [0.5, 0.6) is 0 Å². The number of aryl methyl sites for hydroxylation is 2. The molecule has 18 heavy (non-hydrogen) atoms. The van der Waals surface area contributed by atoms with Crippen LogP contribution in [0.2, 0.25) is 0 Å². The predicted octanol–water partition coefficient (Wildman–Crippen LogP) is 1.92. The SMILES string of the molecule is COCCNCc1cnn(CCc2ccsc2)c1. The maximum absolute atomic E-state index is 4.98. The number of methoxy groups -OCH3 is 1. The summed E-state index contributed by atoms with van der Waals surface area (Å²) in [5, 5.41) is 12.0. The minimum absolute atomic E-state index is 0.742. The first-order valence-electron chi connectivity index (χ1n) is 6.10. The van der Waals surface area contributed by atoms with Gasteiger partial charge in [0.1, 0.15) is 0 Å². The van der Waals surface area contributed by atoms with Gasteiger partial charge in [-0.1, -0.05) is 0 Å². The average Bonchev–Trinajstić information content (AvgIpc) is 3.03. The average molecular weight is 265 g/mol. The molecule has 0 atom stereocenters. The molecule has 0 saturated heterocycles. The number of nitrogens with zero attached hydrogens (tertiary/aromatic N) is 2. The Kier molecular flexibility index (Phi) is 5.38. The molecule has 5 heteroatoms. The van der Waals surface area contributed by atoms with E-state index < -0.39 is 0 Å². The minimum atomic E-state index is 0.742. The molecular formula is C13H19N3OS. The van der Waals surface area contributed by atoms with E-state index in [0.717, 1.165) is 32.7 Å². The van der Waals surface area contributed by atoms with Crippen LogP contribution >= 0.6 is 11.3 Å². The number of thiophene rings is 1. The van der Waals surface area contributed by atoms with Crippen LogP contribution in [-0.2, 0) is 24.2 Å². The van der Waals surface area contributed by atoms with E-state index in [4.69, 9.17) is 4.74 Å². The quantitative estimate of drug-likeness (QED) is 0.741. The van der Waals surface area contributed by atoms with Crippen molar-refractivity contribution in [3.8, 4) is 0 Å². The van der Waals surface area contributed by atoms with Crippen LogP contribution in [0.4, 0.5) is 0 Å². The minimum Gasteiger partial charge on any atom is -0.383 e. The maximum atomic E-state index is 4.98. The van der Waals surface area contributed by atoms with Crippen molar-refractivity contribution in [3.63, 3.8) is 0 Å². The fourth-order valence-electron chi connectivity index (χ4n) is 1.71. The third-order valence-corrected chi connectivity index (χ3v) is 3.44. The van der Waals surface area contributed by atoms with Gasteiger partial charge in [-0.25, -0.2) is 0 Å². The summed E-state index contributed by atoms with van der Waals surface area (Å²) in [7, 11) is 1.71. The first kappa shape index (κ1) is 13.3. The Morgan fingerprint density at radius 3 is 3.17 bits per heavy atom. The molecule has 0 aliphatic carbocycles. The topological polar surface area (TPSA) is 39.1 Å². The Hall–Kier alpha value is -1.17. The van der Waals surface area contributed by atoms with Crippen molar-refractivity contribution in [2.45, 2.75) is 19.5 Å². The summed E-state index contributed by atoms with van der Waals surface area (Å²) in [6, 6.07) is 2.17. The lowest BCUT2D eigenvalue weighted by Crippen LogP contribution is -2.18. The Morgan fingerprint density at radius 2 is 2.39 bits per heavy atom. The molecule has 0 aromatic carbocycles. The predicted molar refractivity (Wildman–Crippen MR) is 73.8 cm³/mol. The van der Waals surface area contributed by atoms with E-state index in [2.05, 4.69) is 33.4 Å². The number of hydrogen-bond donors (Lipinski definition) is 1. The number of ether oxygens (including phenoxy) is 1. The molecule has 0 aliphatic heterocycles. The zero-order valence-electron chi connectivity index (χ0n) is 10.6. The molecule has 0 fully saturated rings. The Balaban J connectivity index is 1.72. The Labute approximate surface area is 112 Å². The van der Waals surface area contributed by atoms with Gasteiger partial charge in [0.2, 0.25) is 0 Å². The Bertz CT molecular complexity index is 439. The molecule has 4 nitrogen and oxygen atoms in total. The van der Waals surface area contributed by atoms with E-state index in [0.29, 0.717) is 0 Å². The van der Waals surface area contributed by atoms with E-state index in [1.807, 2.05) is 10.9 Å². The first-order chi connectivity index (χ1) is 8.88. The van der Waals surface area contributed by atoms with Gasteiger partial charge in [-0.15, -0.1) is 0 Å². The van der Waals surface area contributed by atoms with Crippen LogP contribution in [0, 0.1) is 0 Å². The highest BCUT2D eigenvalue weighted by atomic mass is 32.1. The lowest BCUT2D eigenvalue weighted by Gasteiger charge is -2.01. The number of hydrogen-bond acceptors (Lipinski definition) is 4. The van der Waals surface area contributed by atoms with E-state index in [9.17, 15) is 0 Å². The van der Waals surface area contributed by atoms with E-state index in [1.54, 1.807) is 18.4 Å². The zero-order valence-corrected chi connectivity index (χ0v) is 11.4. The van der Waals surface area contributed by atoms with Crippen molar-refractivity contribution >= 4 is 11.3 Å². The van der Waals surface area contributed by atoms with E-state index in [1.165, 1.54) is 11.1 Å². The van der Waals surface area contributed by atoms with Crippen molar-refractivity contribution in [2.75, 3.05) is 20.3 Å². The Morgan fingerprint density at radius 1 is 1.44 bits per heavy atom. The summed E-state index contributed by atoms with van der Waals surface area (Å²) < 4.78 is 6.99. The van der Waals surface area contributed by atoms with Crippen molar-refractivity contribution in [2.24, 2.45) is 0 Å². The van der Waals surface area contributed by atoms with Gasteiger partial charge in [0.15, 0.2) is 0 Å². The lowest BCUT2D eigenvalue weighted by molar-refractivity contribution is 0.199. The van der Waals surface area contributed by atoms with Crippen LogP contribution < -0.4 is 5.32 Å². The largest absolute Gasteiger partial charge is 0.383 e. The molecule has 0 radical (unpaired) electrons. The fourth-order valence-corrected chi connectivity index (χ4v) is 2.41. The summed E-state index contributed by atoms with van der Waals surface area (Å²) in [6.07, 6.45) is 5.07. The van der Waals surface area contributed by atoms with Gasteiger partial charge >= 0.3 is 0 Å². The third-order valence-electron chi connectivity index (χ3n) is 2.71. The van der Waals surface area contributed by atoms with Crippen LogP contribution in [0.1, 0.15) is 11.1 Å². The molecule has 2 aromatic heterocycles. The highest BCUT2D eigenvalue weighted by Crippen LogP contribution is 2.07. The molecular weight excluding hydrogens is 246 g/mol. The van der Waals surface area contributed by atoms with Gasteiger partial charge in [0.05, 0.1) is 12.8 Å². The summed E-state index contributed by atoms with van der Waals surface area (Å²) in [5.41, 5.74) is 2.60. The van der Waals surface area contributed by atoms with E-state index >= 15 is 0 Å². The molecule has 0 bridgehead atoms. The molecule has 2 heterocycles. The third kappa shape index (κ3) is 4.25. The van der Waals surface area contributed by atoms with Crippen molar-refractivity contribution in [1.29, 1.82) is 0 Å². The van der Waals surface area contributed by atoms with Gasteiger partial charge in [-0.05, 0) is 28.8 Å². The van der Waals surface area contributed by atoms with Gasteiger partial charge in [-0.3, -0.25) is 4.68 Å². The van der Waals surface area contributed by atoms with Crippen LogP contribution in [0.15, 0.2) is 29.2 Å².